The minimum absolute atomic E-state index is 0.339. The average molecular weight is 435 g/mol. The van der Waals surface area contributed by atoms with E-state index in [0.29, 0.717) is 11.8 Å². The second kappa shape index (κ2) is 8.28. The summed E-state index contributed by atoms with van der Waals surface area (Å²) in [5.41, 5.74) is 3.91. The van der Waals surface area contributed by atoms with Crippen molar-refractivity contribution in [3.05, 3.63) is 52.0 Å². The fourth-order valence-electron chi connectivity index (χ4n) is 3.90. The summed E-state index contributed by atoms with van der Waals surface area (Å²) in [6.45, 7) is 8.05. The summed E-state index contributed by atoms with van der Waals surface area (Å²) < 4.78 is 6.13. The number of ether oxygens (including phenoxy) is 1. The molecule has 0 spiro atoms. The van der Waals surface area contributed by atoms with Gasteiger partial charge in [0.2, 0.25) is 0 Å². The first kappa shape index (κ1) is 20.0. The summed E-state index contributed by atoms with van der Waals surface area (Å²) in [5, 5.41) is 4.13. The lowest BCUT2D eigenvalue weighted by molar-refractivity contribution is 0.311. The Morgan fingerprint density at radius 3 is 2.68 bits per heavy atom. The van der Waals surface area contributed by atoms with Crippen molar-refractivity contribution in [2.24, 2.45) is 0 Å². The van der Waals surface area contributed by atoms with Gasteiger partial charge in [-0.05, 0) is 50.6 Å². The summed E-state index contributed by atoms with van der Waals surface area (Å²) in [7, 11) is 2.15. The smallest absolute Gasteiger partial charge is 0.325 e. The van der Waals surface area contributed by atoms with Crippen molar-refractivity contribution < 1.29 is 4.74 Å². The van der Waals surface area contributed by atoms with Crippen LogP contribution in [0.15, 0.2) is 36.0 Å². The standard InChI is InChI=1S/C23H26N6OS/c1-15-10-17-4-5-19(12-18(17)11-15)30-22-25-20(26-23-24-14-16(2)31-23)13-21(27-22)29-8-6-28(3)7-9-29/h4-5,11-14H,6-10H2,1-3H3,(H,24,25,26,27). The van der Waals surface area contributed by atoms with Gasteiger partial charge in [-0.25, -0.2) is 4.98 Å². The minimum atomic E-state index is 0.339. The van der Waals surface area contributed by atoms with Crippen molar-refractivity contribution in [2.75, 3.05) is 43.4 Å². The van der Waals surface area contributed by atoms with E-state index in [2.05, 4.69) is 57.3 Å². The van der Waals surface area contributed by atoms with Crippen LogP contribution < -0.4 is 15.0 Å². The van der Waals surface area contributed by atoms with Gasteiger partial charge < -0.3 is 19.9 Å². The van der Waals surface area contributed by atoms with Gasteiger partial charge in [0, 0.05) is 43.3 Å². The van der Waals surface area contributed by atoms with Crippen molar-refractivity contribution in [2.45, 2.75) is 20.3 Å². The van der Waals surface area contributed by atoms with E-state index in [1.165, 1.54) is 16.7 Å². The molecule has 31 heavy (non-hydrogen) atoms. The predicted molar refractivity (Wildman–Crippen MR) is 126 cm³/mol. The van der Waals surface area contributed by atoms with Crippen LogP contribution in [0.4, 0.5) is 16.8 Å². The van der Waals surface area contributed by atoms with E-state index >= 15 is 0 Å². The fourth-order valence-corrected chi connectivity index (χ4v) is 4.57. The number of anilines is 3. The topological polar surface area (TPSA) is 66.4 Å². The SMILES string of the molecule is CC1=Cc2cc(Oc3nc(Nc4ncc(C)s4)cc(N4CCN(C)CC4)n3)ccc2C1. The maximum absolute atomic E-state index is 6.13. The summed E-state index contributed by atoms with van der Waals surface area (Å²) >= 11 is 1.60. The number of nitrogens with zero attached hydrogens (tertiary/aromatic N) is 5. The number of nitrogens with one attached hydrogen (secondary N) is 1. The number of hydrogen-bond donors (Lipinski definition) is 1. The lowest BCUT2D eigenvalue weighted by Crippen LogP contribution is -2.44. The van der Waals surface area contributed by atoms with Crippen molar-refractivity contribution in [1.29, 1.82) is 0 Å². The molecule has 0 radical (unpaired) electrons. The third-order valence-electron chi connectivity index (χ3n) is 5.57. The molecular weight excluding hydrogens is 408 g/mol. The number of aromatic nitrogens is 3. The normalized spacial score (nSPS) is 16.2. The molecule has 3 aromatic rings. The highest BCUT2D eigenvalue weighted by molar-refractivity contribution is 7.15. The van der Waals surface area contributed by atoms with Crippen molar-refractivity contribution >= 4 is 34.2 Å². The Kier molecular flexibility index (Phi) is 5.33. The second-order valence-corrected chi connectivity index (χ2v) is 9.45. The predicted octanol–water partition coefficient (Wildman–Crippen LogP) is 4.49. The molecule has 2 aliphatic rings. The Balaban J connectivity index is 1.44. The molecule has 0 saturated carbocycles. The molecule has 0 amide bonds. The van der Waals surface area contributed by atoms with Crippen LogP contribution in [0.2, 0.25) is 0 Å². The molecule has 1 aliphatic carbocycles. The zero-order chi connectivity index (χ0) is 21.4. The highest BCUT2D eigenvalue weighted by Gasteiger charge is 2.19. The summed E-state index contributed by atoms with van der Waals surface area (Å²) in [5.74, 6) is 2.30. The van der Waals surface area contributed by atoms with Crippen LogP contribution >= 0.6 is 11.3 Å². The number of allylic oxidation sites excluding steroid dienone is 1. The number of likely N-dealkylation sites (N-methyl/N-ethyl adjacent to an activating group) is 1. The van der Waals surface area contributed by atoms with Crippen LogP contribution in [-0.2, 0) is 6.42 Å². The number of benzene rings is 1. The number of thiazole rings is 1. The molecule has 5 rings (SSSR count). The highest BCUT2D eigenvalue weighted by atomic mass is 32.1. The van der Waals surface area contributed by atoms with Gasteiger partial charge in [0.05, 0.1) is 0 Å². The van der Waals surface area contributed by atoms with Crippen molar-refractivity contribution in [3.63, 3.8) is 0 Å². The van der Waals surface area contributed by atoms with Gasteiger partial charge in [-0.15, -0.1) is 11.3 Å². The molecule has 1 aliphatic heterocycles. The van der Waals surface area contributed by atoms with E-state index in [4.69, 9.17) is 9.72 Å². The molecular formula is C23H26N6OS. The van der Waals surface area contributed by atoms with Gasteiger partial charge in [-0.2, -0.15) is 9.97 Å². The van der Waals surface area contributed by atoms with E-state index in [1.54, 1.807) is 11.3 Å². The van der Waals surface area contributed by atoms with Crippen LogP contribution in [-0.4, -0.2) is 53.1 Å². The second-order valence-electron chi connectivity index (χ2n) is 8.22. The Morgan fingerprint density at radius 2 is 1.90 bits per heavy atom. The van der Waals surface area contributed by atoms with Crippen molar-refractivity contribution in [3.8, 4) is 11.8 Å². The first-order valence-electron chi connectivity index (χ1n) is 10.5. The monoisotopic (exact) mass is 434 g/mol. The molecule has 0 unspecified atom stereocenters. The Bertz CT molecular complexity index is 1130. The van der Waals surface area contributed by atoms with Gasteiger partial charge >= 0.3 is 6.01 Å². The molecule has 1 fully saturated rings. The molecule has 0 atom stereocenters. The molecule has 0 bridgehead atoms. The van der Waals surface area contributed by atoms with E-state index in [0.717, 1.165) is 54.2 Å². The number of hydrogen-bond acceptors (Lipinski definition) is 8. The van der Waals surface area contributed by atoms with Crippen LogP contribution in [0, 0.1) is 6.92 Å². The lowest BCUT2D eigenvalue weighted by atomic mass is 10.1. The molecule has 1 saturated heterocycles. The van der Waals surface area contributed by atoms with Crippen LogP contribution in [0.5, 0.6) is 11.8 Å². The number of piperazine rings is 1. The number of rotatable bonds is 5. The van der Waals surface area contributed by atoms with E-state index in [1.807, 2.05) is 25.3 Å². The maximum Gasteiger partial charge on any atom is 0.325 e. The molecule has 8 heteroatoms. The Hall–Kier alpha value is -2.97. The van der Waals surface area contributed by atoms with Crippen molar-refractivity contribution in [1.82, 2.24) is 19.9 Å². The summed E-state index contributed by atoms with van der Waals surface area (Å²) in [6, 6.07) is 8.50. The third-order valence-corrected chi connectivity index (χ3v) is 6.40. The zero-order valence-corrected chi connectivity index (χ0v) is 18.9. The highest BCUT2D eigenvalue weighted by Crippen LogP contribution is 2.31. The van der Waals surface area contributed by atoms with E-state index in [-0.39, 0.29) is 0 Å². The molecule has 1 N–H and O–H groups in total. The maximum atomic E-state index is 6.13. The molecule has 3 heterocycles. The van der Waals surface area contributed by atoms with Crippen LogP contribution in [0.3, 0.4) is 0 Å². The van der Waals surface area contributed by atoms with E-state index < -0.39 is 0 Å². The fraction of sp³-hybridized carbons (Fsp3) is 0.348. The quantitative estimate of drug-likeness (QED) is 0.635. The largest absolute Gasteiger partial charge is 0.424 e. The summed E-state index contributed by atoms with van der Waals surface area (Å²) in [4.78, 5) is 19.5. The lowest BCUT2D eigenvalue weighted by Gasteiger charge is -2.33. The molecule has 1 aromatic carbocycles. The number of aryl methyl sites for hydroxylation is 1. The van der Waals surface area contributed by atoms with Gasteiger partial charge in [0.15, 0.2) is 5.13 Å². The molecule has 2 aromatic heterocycles. The Labute approximate surface area is 186 Å². The summed E-state index contributed by atoms with van der Waals surface area (Å²) in [6.07, 6.45) is 5.07. The average Bonchev–Trinajstić information content (AvgIpc) is 3.32. The van der Waals surface area contributed by atoms with Gasteiger partial charge in [-0.1, -0.05) is 17.7 Å². The number of fused-ring (bicyclic) bond motifs is 1. The zero-order valence-electron chi connectivity index (χ0n) is 18.1. The van der Waals surface area contributed by atoms with Gasteiger partial charge in [-0.3, -0.25) is 0 Å². The van der Waals surface area contributed by atoms with Gasteiger partial charge in [0.1, 0.15) is 17.4 Å². The molecule has 7 nitrogen and oxygen atoms in total. The first-order valence-corrected chi connectivity index (χ1v) is 11.3. The third kappa shape index (κ3) is 4.55. The van der Waals surface area contributed by atoms with E-state index in [9.17, 15) is 0 Å². The minimum Gasteiger partial charge on any atom is -0.424 e. The van der Waals surface area contributed by atoms with Crippen LogP contribution in [0.1, 0.15) is 22.9 Å². The molecule has 160 valence electrons. The van der Waals surface area contributed by atoms with Crippen LogP contribution in [0.25, 0.3) is 6.08 Å². The van der Waals surface area contributed by atoms with Gasteiger partial charge in [0.25, 0.3) is 0 Å². The first-order chi connectivity index (χ1) is 15.0. The Morgan fingerprint density at radius 1 is 1.06 bits per heavy atom.